The zero-order valence-electron chi connectivity index (χ0n) is 19.9. The fraction of sp³-hybridized carbons (Fsp3) is 0.214. The largest absolute Gasteiger partial charge is 0.507 e. The quantitative estimate of drug-likeness (QED) is 0.289. The summed E-state index contributed by atoms with van der Waals surface area (Å²) in [5, 5.41) is 11.3. The summed E-state index contributed by atoms with van der Waals surface area (Å²) in [6.07, 6.45) is 0. The van der Waals surface area contributed by atoms with E-state index in [4.69, 9.17) is 14.2 Å². The first kappa shape index (κ1) is 23.9. The van der Waals surface area contributed by atoms with Gasteiger partial charge in [0.05, 0.1) is 38.0 Å². The minimum absolute atomic E-state index is 0.00521. The van der Waals surface area contributed by atoms with Gasteiger partial charge in [-0.2, -0.15) is 0 Å². The number of likely N-dealkylation sites (tertiary alicyclic amines) is 1. The number of carbonyl (C=O) groups is 2. The first-order chi connectivity index (χ1) is 17.0. The van der Waals surface area contributed by atoms with E-state index in [9.17, 15) is 14.7 Å². The molecule has 0 aliphatic carbocycles. The summed E-state index contributed by atoms with van der Waals surface area (Å²) in [7, 11) is 3.05. The SMILES string of the molecule is CCOc1cccc(CN2C(=O)C(=O)/C(=C(\O)c3ccccc3OC)C2c2ccc(OC)cc2)c1. The van der Waals surface area contributed by atoms with Gasteiger partial charge in [0.25, 0.3) is 11.7 Å². The molecule has 1 saturated heterocycles. The van der Waals surface area contributed by atoms with E-state index in [0.29, 0.717) is 35.0 Å². The number of benzene rings is 3. The molecule has 35 heavy (non-hydrogen) atoms. The molecule has 7 nitrogen and oxygen atoms in total. The molecule has 1 heterocycles. The third kappa shape index (κ3) is 4.71. The summed E-state index contributed by atoms with van der Waals surface area (Å²) in [6, 6.07) is 20.5. The number of hydrogen-bond donors (Lipinski definition) is 1. The average Bonchev–Trinajstić information content (AvgIpc) is 3.13. The first-order valence-electron chi connectivity index (χ1n) is 11.3. The number of rotatable bonds is 8. The Kier molecular flexibility index (Phi) is 7.06. The van der Waals surface area contributed by atoms with Gasteiger partial charge in [-0.25, -0.2) is 0 Å². The van der Waals surface area contributed by atoms with Crippen molar-refractivity contribution in [3.05, 3.63) is 95.1 Å². The molecule has 1 aliphatic heterocycles. The summed E-state index contributed by atoms with van der Waals surface area (Å²) >= 11 is 0. The van der Waals surface area contributed by atoms with E-state index in [0.717, 1.165) is 5.56 Å². The lowest BCUT2D eigenvalue weighted by Gasteiger charge is -2.26. The van der Waals surface area contributed by atoms with E-state index in [1.165, 1.54) is 12.0 Å². The highest BCUT2D eigenvalue weighted by Gasteiger charge is 2.46. The van der Waals surface area contributed by atoms with Gasteiger partial charge in [0.15, 0.2) is 0 Å². The van der Waals surface area contributed by atoms with Gasteiger partial charge in [-0.3, -0.25) is 9.59 Å². The van der Waals surface area contributed by atoms with Crippen molar-refractivity contribution in [3.63, 3.8) is 0 Å². The summed E-state index contributed by atoms with van der Waals surface area (Å²) in [5.41, 5.74) is 1.81. The van der Waals surface area contributed by atoms with Crippen molar-refractivity contribution >= 4 is 17.4 Å². The van der Waals surface area contributed by atoms with Crippen LogP contribution in [-0.4, -0.2) is 42.5 Å². The fourth-order valence-corrected chi connectivity index (χ4v) is 4.26. The number of hydrogen-bond acceptors (Lipinski definition) is 6. The van der Waals surface area contributed by atoms with E-state index >= 15 is 0 Å². The van der Waals surface area contributed by atoms with Gasteiger partial charge in [-0.05, 0) is 54.4 Å². The molecular weight excluding hydrogens is 446 g/mol. The lowest BCUT2D eigenvalue weighted by Crippen LogP contribution is -2.29. The molecule has 0 radical (unpaired) electrons. The normalized spacial score (nSPS) is 16.9. The number of aliphatic hydroxyl groups is 1. The maximum atomic E-state index is 13.3. The molecule has 0 saturated carbocycles. The summed E-state index contributed by atoms with van der Waals surface area (Å²) in [6.45, 7) is 2.57. The van der Waals surface area contributed by atoms with Gasteiger partial charge < -0.3 is 24.2 Å². The Morgan fingerprint density at radius 2 is 1.66 bits per heavy atom. The molecule has 1 unspecified atom stereocenters. The predicted octanol–water partition coefficient (Wildman–Crippen LogP) is 4.72. The van der Waals surface area contributed by atoms with Gasteiger partial charge in [0.1, 0.15) is 23.0 Å². The summed E-state index contributed by atoms with van der Waals surface area (Å²) < 4.78 is 16.2. The molecule has 3 aromatic carbocycles. The van der Waals surface area contributed by atoms with Crippen LogP contribution in [0, 0.1) is 0 Å². The lowest BCUT2D eigenvalue weighted by atomic mass is 9.94. The number of methoxy groups -OCH3 is 2. The van der Waals surface area contributed by atoms with E-state index in [1.807, 2.05) is 31.2 Å². The second-order valence-corrected chi connectivity index (χ2v) is 7.98. The molecule has 3 aromatic rings. The van der Waals surface area contributed by atoms with Crippen LogP contribution < -0.4 is 14.2 Å². The third-order valence-electron chi connectivity index (χ3n) is 5.90. The number of para-hydroxylation sites is 1. The molecule has 1 aliphatic rings. The van der Waals surface area contributed by atoms with Crippen LogP contribution >= 0.6 is 0 Å². The van der Waals surface area contributed by atoms with Crippen molar-refractivity contribution in [1.29, 1.82) is 0 Å². The number of carbonyl (C=O) groups excluding carboxylic acids is 2. The lowest BCUT2D eigenvalue weighted by molar-refractivity contribution is -0.140. The third-order valence-corrected chi connectivity index (χ3v) is 5.90. The molecule has 1 amide bonds. The first-order valence-corrected chi connectivity index (χ1v) is 11.3. The van der Waals surface area contributed by atoms with E-state index < -0.39 is 17.7 Å². The molecule has 180 valence electrons. The minimum atomic E-state index is -0.804. The Morgan fingerprint density at radius 3 is 2.34 bits per heavy atom. The maximum Gasteiger partial charge on any atom is 0.295 e. The standard InChI is InChI=1S/C28H27NO6/c1-4-35-21-9-7-8-18(16-21)17-29-25(19-12-14-20(33-2)15-13-19)24(27(31)28(29)32)26(30)22-10-5-6-11-23(22)34-3/h5-16,25,30H,4,17H2,1-3H3/b26-24-. The monoisotopic (exact) mass is 473 g/mol. The van der Waals surface area contributed by atoms with Crippen LogP contribution in [0.5, 0.6) is 17.2 Å². The molecule has 1 atom stereocenters. The second-order valence-electron chi connectivity index (χ2n) is 7.98. The summed E-state index contributed by atoms with van der Waals surface area (Å²) in [4.78, 5) is 28.0. The van der Waals surface area contributed by atoms with Crippen LogP contribution in [0.1, 0.15) is 29.7 Å². The summed E-state index contributed by atoms with van der Waals surface area (Å²) in [5.74, 6) is -0.0167. The molecule has 1 fully saturated rings. The van der Waals surface area contributed by atoms with Crippen LogP contribution in [0.15, 0.2) is 78.4 Å². The van der Waals surface area contributed by atoms with Gasteiger partial charge in [-0.15, -0.1) is 0 Å². The highest BCUT2D eigenvalue weighted by molar-refractivity contribution is 6.46. The molecular formula is C28H27NO6. The number of amides is 1. The van der Waals surface area contributed by atoms with Crippen molar-refractivity contribution in [1.82, 2.24) is 4.90 Å². The van der Waals surface area contributed by atoms with Crippen LogP contribution in [-0.2, 0) is 16.1 Å². The Labute approximate surface area is 204 Å². The van der Waals surface area contributed by atoms with Crippen LogP contribution in [0.3, 0.4) is 0 Å². The van der Waals surface area contributed by atoms with Crippen molar-refractivity contribution in [2.24, 2.45) is 0 Å². The van der Waals surface area contributed by atoms with Crippen molar-refractivity contribution in [2.75, 3.05) is 20.8 Å². The molecule has 1 N–H and O–H groups in total. The average molecular weight is 474 g/mol. The van der Waals surface area contributed by atoms with Gasteiger partial charge in [-0.1, -0.05) is 36.4 Å². The zero-order valence-corrected chi connectivity index (χ0v) is 19.9. The molecule has 0 aromatic heterocycles. The van der Waals surface area contributed by atoms with Crippen molar-refractivity contribution < 1.29 is 28.9 Å². The topological polar surface area (TPSA) is 85.3 Å². The van der Waals surface area contributed by atoms with Crippen LogP contribution in [0.4, 0.5) is 0 Å². The maximum absolute atomic E-state index is 13.3. The second kappa shape index (κ2) is 10.3. The highest BCUT2D eigenvalue weighted by atomic mass is 16.5. The molecule has 0 bridgehead atoms. The smallest absolute Gasteiger partial charge is 0.295 e. The van der Waals surface area contributed by atoms with Gasteiger partial charge >= 0.3 is 0 Å². The van der Waals surface area contributed by atoms with Gasteiger partial charge in [0.2, 0.25) is 0 Å². The molecule has 0 spiro atoms. The minimum Gasteiger partial charge on any atom is -0.507 e. The van der Waals surface area contributed by atoms with E-state index in [2.05, 4.69) is 0 Å². The zero-order chi connectivity index (χ0) is 24.9. The van der Waals surface area contributed by atoms with Crippen LogP contribution in [0.25, 0.3) is 5.76 Å². The number of nitrogens with zero attached hydrogens (tertiary/aromatic N) is 1. The van der Waals surface area contributed by atoms with Crippen molar-refractivity contribution in [2.45, 2.75) is 19.5 Å². The number of ether oxygens (including phenoxy) is 3. The van der Waals surface area contributed by atoms with E-state index in [-0.39, 0.29) is 17.9 Å². The fourth-order valence-electron chi connectivity index (χ4n) is 4.26. The van der Waals surface area contributed by atoms with E-state index in [1.54, 1.807) is 55.6 Å². The Balaban J connectivity index is 1.85. The molecule has 7 heteroatoms. The Hall–Kier alpha value is -4.26. The van der Waals surface area contributed by atoms with Gasteiger partial charge in [0, 0.05) is 6.54 Å². The highest BCUT2D eigenvalue weighted by Crippen LogP contribution is 2.42. The predicted molar refractivity (Wildman–Crippen MR) is 131 cm³/mol. The number of ketones is 1. The Morgan fingerprint density at radius 1 is 0.914 bits per heavy atom. The van der Waals surface area contributed by atoms with Crippen molar-refractivity contribution in [3.8, 4) is 17.2 Å². The molecule has 4 rings (SSSR count). The Bertz CT molecular complexity index is 1260. The number of Topliss-reactive ketones (excluding diaryl/α,β-unsaturated/α-hetero) is 1. The van der Waals surface area contributed by atoms with Crippen LogP contribution in [0.2, 0.25) is 0 Å². The number of aliphatic hydroxyl groups excluding tert-OH is 1.